The van der Waals surface area contributed by atoms with Gasteiger partial charge in [0.05, 0.1) is 11.4 Å². The second-order valence-corrected chi connectivity index (χ2v) is 5.12. The quantitative estimate of drug-likeness (QED) is 0.882. The van der Waals surface area contributed by atoms with E-state index in [1.807, 2.05) is 13.0 Å². The molecule has 1 fully saturated rings. The van der Waals surface area contributed by atoms with E-state index in [-0.39, 0.29) is 0 Å². The summed E-state index contributed by atoms with van der Waals surface area (Å²) in [5.41, 5.74) is 1.94. The number of aromatic nitrogens is 3. The number of piperidine rings is 1. The first-order valence-corrected chi connectivity index (χ1v) is 6.58. The van der Waals surface area contributed by atoms with Crippen molar-refractivity contribution in [2.45, 2.75) is 25.7 Å². The second-order valence-electron chi connectivity index (χ2n) is 4.36. The van der Waals surface area contributed by atoms with Gasteiger partial charge in [-0.2, -0.15) is 0 Å². The summed E-state index contributed by atoms with van der Waals surface area (Å²) in [5, 5.41) is 11.6. The number of nitrogens with one attached hydrogen (secondary N) is 1. The van der Waals surface area contributed by atoms with Gasteiger partial charge in [0, 0.05) is 18.5 Å². The zero-order valence-electron chi connectivity index (χ0n) is 9.64. The summed E-state index contributed by atoms with van der Waals surface area (Å²) >= 11 is 1.39. The summed E-state index contributed by atoms with van der Waals surface area (Å²) in [7, 11) is 0. The highest BCUT2D eigenvalue weighted by Gasteiger charge is 2.24. The van der Waals surface area contributed by atoms with Crippen LogP contribution in [0.4, 0.5) is 0 Å². The number of hydrogen-bond donors (Lipinski definition) is 1. The highest BCUT2D eigenvalue weighted by Crippen LogP contribution is 2.33. The average Bonchev–Trinajstić information content (AvgIpc) is 2.98. The van der Waals surface area contributed by atoms with Gasteiger partial charge < -0.3 is 9.84 Å². The highest BCUT2D eigenvalue weighted by molar-refractivity contribution is 7.09. The van der Waals surface area contributed by atoms with Crippen LogP contribution in [0.25, 0.3) is 10.6 Å². The molecule has 1 unspecified atom stereocenters. The fourth-order valence-electron chi connectivity index (χ4n) is 2.19. The van der Waals surface area contributed by atoms with E-state index >= 15 is 0 Å². The van der Waals surface area contributed by atoms with Crippen molar-refractivity contribution in [1.82, 2.24) is 20.1 Å². The molecule has 0 bridgehead atoms. The first-order chi connectivity index (χ1) is 8.34. The average molecular weight is 250 g/mol. The molecule has 1 atom stereocenters. The zero-order chi connectivity index (χ0) is 11.7. The summed E-state index contributed by atoms with van der Waals surface area (Å²) in [6.45, 7) is 4.00. The Morgan fingerprint density at radius 3 is 3.18 bits per heavy atom. The number of aryl methyl sites for hydroxylation is 1. The monoisotopic (exact) mass is 250 g/mol. The minimum atomic E-state index is 0.447. The Balaban J connectivity index is 1.93. The first-order valence-electron chi connectivity index (χ1n) is 5.81. The van der Waals surface area contributed by atoms with Gasteiger partial charge in [0.15, 0.2) is 5.76 Å². The van der Waals surface area contributed by atoms with Gasteiger partial charge in [-0.25, -0.2) is 0 Å². The summed E-state index contributed by atoms with van der Waals surface area (Å²) in [6, 6.07) is 1.94. The van der Waals surface area contributed by atoms with Crippen molar-refractivity contribution in [1.29, 1.82) is 0 Å². The van der Waals surface area contributed by atoms with Gasteiger partial charge in [0.1, 0.15) is 4.88 Å². The SMILES string of the molecule is Cc1cc(-c2snnc2C2CCCNC2)on1. The van der Waals surface area contributed by atoms with E-state index in [2.05, 4.69) is 20.1 Å². The topological polar surface area (TPSA) is 63.8 Å². The zero-order valence-corrected chi connectivity index (χ0v) is 10.5. The number of hydrogen-bond acceptors (Lipinski definition) is 6. The summed E-state index contributed by atoms with van der Waals surface area (Å²) in [5.74, 6) is 1.24. The number of rotatable bonds is 2. The van der Waals surface area contributed by atoms with Crippen molar-refractivity contribution >= 4 is 11.5 Å². The van der Waals surface area contributed by atoms with Crippen molar-refractivity contribution in [3.8, 4) is 10.6 Å². The van der Waals surface area contributed by atoms with E-state index in [0.717, 1.165) is 35.1 Å². The molecule has 1 aliphatic heterocycles. The molecule has 2 aromatic heterocycles. The molecule has 1 N–H and O–H groups in total. The van der Waals surface area contributed by atoms with Gasteiger partial charge in [-0.05, 0) is 37.8 Å². The standard InChI is InChI=1S/C11H14N4OS/c1-7-5-9(16-14-7)11-10(13-15-17-11)8-3-2-4-12-6-8/h5,8,12H,2-4,6H2,1H3. The van der Waals surface area contributed by atoms with E-state index in [9.17, 15) is 0 Å². The van der Waals surface area contributed by atoms with E-state index in [1.165, 1.54) is 24.4 Å². The third-order valence-corrected chi connectivity index (χ3v) is 3.80. The van der Waals surface area contributed by atoms with Crippen LogP contribution in [0.3, 0.4) is 0 Å². The van der Waals surface area contributed by atoms with Crippen LogP contribution < -0.4 is 5.32 Å². The Morgan fingerprint density at radius 1 is 1.53 bits per heavy atom. The maximum absolute atomic E-state index is 5.30. The molecule has 0 aliphatic carbocycles. The fraction of sp³-hybridized carbons (Fsp3) is 0.545. The third kappa shape index (κ3) is 2.10. The maximum atomic E-state index is 5.30. The van der Waals surface area contributed by atoms with Crippen LogP contribution in [0.2, 0.25) is 0 Å². The van der Waals surface area contributed by atoms with Gasteiger partial charge in [-0.3, -0.25) is 0 Å². The van der Waals surface area contributed by atoms with E-state index in [4.69, 9.17) is 4.52 Å². The molecular weight excluding hydrogens is 236 g/mol. The van der Waals surface area contributed by atoms with E-state index in [1.54, 1.807) is 0 Å². The Hall–Kier alpha value is -1.27. The maximum Gasteiger partial charge on any atom is 0.180 e. The Kier molecular flexibility index (Phi) is 2.90. The molecule has 2 aromatic rings. The molecule has 3 heterocycles. The van der Waals surface area contributed by atoms with Gasteiger partial charge in [-0.1, -0.05) is 9.64 Å². The molecule has 1 aliphatic rings. The largest absolute Gasteiger partial charge is 0.355 e. The smallest absolute Gasteiger partial charge is 0.180 e. The lowest BCUT2D eigenvalue weighted by Gasteiger charge is -2.21. The summed E-state index contributed by atoms with van der Waals surface area (Å²) in [6.07, 6.45) is 2.36. The van der Waals surface area contributed by atoms with Crippen molar-refractivity contribution in [3.05, 3.63) is 17.5 Å². The molecule has 3 rings (SSSR count). The van der Waals surface area contributed by atoms with Gasteiger partial charge >= 0.3 is 0 Å². The van der Waals surface area contributed by atoms with Crippen LogP contribution in [0, 0.1) is 6.92 Å². The van der Waals surface area contributed by atoms with Gasteiger partial charge in [0.2, 0.25) is 0 Å². The number of nitrogens with zero attached hydrogens (tertiary/aromatic N) is 3. The highest BCUT2D eigenvalue weighted by atomic mass is 32.1. The Bertz CT molecular complexity index is 501. The molecule has 6 heteroatoms. The molecule has 0 aromatic carbocycles. The van der Waals surface area contributed by atoms with Crippen LogP contribution in [-0.4, -0.2) is 27.8 Å². The Morgan fingerprint density at radius 2 is 2.47 bits per heavy atom. The van der Waals surface area contributed by atoms with Crippen molar-refractivity contribution < 1.29 is 4.52 Å². The van der Waals surface area contributed by atoms with E-state index < -0.39 is 0 Å². The van der Waals surface area contributed by atoms with Gasteiger partial charge in [-0.15, -0.1) is 5.10 Å². The van der Waals surface area contributed by atoms with Crippen LogP contribution in [-0.2, 0) is 0 Å². The molecule has 17 heavy (non-hydrogen) atoms. The molecule has 0 spiro atoms. The van der Waals surface area contributed by atoms with Crippen LogP contribution in [0.5, 0.6) is 0 Å². The summed E-state index contributed by atoms with van der Waals surface area (Å²) < 4.78 is 9.36. The second kappa shape index (κ2) is 4.54. The van der Waals surface area contributed by atoms with Crippen LogP contribution in [0.1, 0.15) is 30.1 Å². The fourth-order valence-corrected chi connectivity index (χ4v) is 2.89. The lowest BCUT2D eigenvalue weighted by molar-refractivity contribution is 0.424. The van der Waals surface area contributed by atoms with Crippen molar-refractivity contribution in [2.24, 2.45) is 0 Å². The molecular formula is C11H14N4OS. The van der Waals surface area contributed by atoms with Crippen LogP contribution >= 0.6 is 11.5 Å². The lowest BCUT2D eigenvalue weighted by Crippen LogP contribution is -2.28. The molecule has 5 nitrogen and oxygen atoms in total. The predicted molar refractivity (Wildman–Crippen MR) is 65.0 cm³/mol. The molecule has 1 saturated heterocycles. The van der Waals surface area contributed by atoms with Crippen molar-refractivity contribution in [2.75, 3.05) is 13.1 Å². The normalized spacial score (nSPS) is 20.6. The van der Waals surface area contributed by atoms with Crippen molar-refractivity contribution in [3.63, 3.8) is 0 Å². The molecule has 0 saturated carbocycles. The third-order valence-electron chi connectivity index (χ3n) is 3.05. The van der Waals surface area contributed by atoms with Crippen LogP contribution in [0.15, 0.2) is 10.6 Å². The Labute approximate surface area is 103 Å². The lowest BCUT2D eigenvalue weighted by atomic mass is 9.95. The first kappa shape index (κ1) is 10.9. The minimum Gasteiger partial charge on any atom is -0.355 e. The molecule has 0 amide bonds. The molecule has 90 valence electrons. The minimum absolute atomic E-state index is 0.447. The molecule has 0 radical (unpaired) electrons. The predicted octanol–water partition coefficient (Wildman–Crippen LogP) is 1.97. The van der Waals surface area contributed by atoms with Gasteiger partial charge in [0.25, 0.3) is 0 Å². The van der Waals surface area contributed by atoms with E-state index in [0.29, 0.717) is 5.92 Å². The summed E-state index contributed by atoms with van der Waals surface area (Å²) in [4.78, 5) is 1.03.